The standard InChI is InChI=1S/C18H28N2O3/c1-12(2)10-15(19)17(21)20-16(13(3)4)18(22)23-11-14-8-6-5-7-9-14/h5-9,12-13,15-16H,10-11,19H2,1-4H3,(H,20,21)/t15-,16-/m1/s1. The molecule has 1 aromatic rings. The summed E-state index contributed by atoms with van der Waals surface area (Å²) in [6.07, 6.45) is 0.579. The molecule has 23 heavy (non-hydrogen) atoms. The second-order valence-corrected chi connectivity index (χ2v) is 6.56. The zero-order valence-electron chi connectivity index (χ0n) is 14.4. The fourth-order valence-electron chi connectivity index (χ4n) is 2.19. The van der Waals surface area contributed by atoms with E-state index in [9.17, 15) is 9.59 Å². The Morgan fingerprint density at radius 2 is 1.74 bits per heavy atom. The molecule has 1 aromatic carbocycles. The lowest BCUT2D eigenvalue weighted by Crippen LogP contribution is -2.51. The Labute approximate surface area is 138 Å². The number of nitrogens with one attached hydrogen (secondary N) is 1. The maximum absolute atomic E-state index is 12.3. The van der Waals surface area contributed by atoms with Crippen molar-refractivity contribution in [2.24, 2.45) is 17.6 Å². The number of ether oxygens (including phenoxy) is 1. The Morgan fingerprint density at radius 1 is 1.13 bits per heavy atom. The summed E-state index contributed by atoms with van der Waals surface area (Å²) in [6.45, 7) is 7.92. The van der Waals surface area contributed by atoms with Crippen molar-refractivity contribution in [3.05, 3.63) is 35.9 Å². The van der Waals surface area contributed by atoms with Crippen LogP contribution in [0.2, 0.25) is 0 Å². The first-order valence-corrected chi connectivity index (χ1v) is 8.07. The van der Waals surface area contributed by atoms with Gasteiger partial charge in [0, 0.05) is 0 Å². The summed E-state index contributed by atoms with van der Waals surface area (Å²) < 4.78 is 5.32. The summed E-state index contributed by atoms with van der Waals surface area (Å²) in [4.78, 5) is 24.4. The first-order chi connectivity index (χ1) is 10.8. The van der Waals surface area contributed by atoms with Gasteiger partial charge in [-0.1, -0.05) is 58.0 Å². The molecule has 0 aliphatic rings. The molecular weight excluding hydrogens is 292 g/mol. The molecule has 0 bridgehead atoms. The second kappa shape index (κ2) is 9.30. The maximum Gasteiger partial charge on any atom is 0.329 e. The number of benzene rings is 1. The van der Waals surface area contributed by atoms with Crippen LogP contribution in [0.1, 0.15) is 39.7 Å². The van der Waals surface area contributed by atoms with E-state index < -0.39 is 18.1 Å². The molecule has 2 atom stereocenters. The van der Waals surface area contributed by atoms with Crippen molar-refractivity contribution < 1.29 is 14.3 Å². The minimum atomic E-state index is -0.690. The summed E-state index contributed by atoms with van der Waals surface area (Å²) in [7, 11) is 0. The molecule has 0 aliphatic carbocycles. The Morgan fingerprint density at radius 3 is 2.26 bits per heavy atom. The number of nitrogens with two attached hydrogens (primary N) is 1. The van der Waals surface area contributed by atoms with Crippen LogP contribution in [0.5, 0.6) is 0 Å². The lowest BCUT2D eigenvalue weighted by Gasteiger charge is -2.23. The molecule has 128 valence electrons. The summed E-state index contributed by atoms with van der Waals surface area (Å²) >= 11 is 0. The molecule has 3 N–H and O–H groups in total. The van der Waals surface area contributed by atoms with E-state index in [2.05, 4.69) is 5.32 Å². The van der Waals surface area contributed by atoms with Gasteiger partial charge in [-0.3, -0.25) is 4.79 Å². The molecule has 5 nitrogen and oxygen atoms in total. The third-order valence-electron chi connectivity index (χ3n) is 3.50. The zero-order chi connectivity index (χ0) is 17.4. The minimum Gasteiger partial charge on any atom is -0.459 e. The third kappa shape index (κ3) is 6.82. The Bertz CT molecular complexity index is 500. The van der Waals surface area contributed by atoms with Gasteiger partial charge >= 0.3 is 5.97 Å². The van der Waals surface area contributed by atoms with Crippen molar-refractivity contribution in [1.82, 2.24) is 5.32 Å². The quantitative estimate of drug-likeness (QED) is 0.720. The van der Waals surface area contributed by atoms with Gasteiger partial charge in [-0.15, -0.1) is 0 Å². The van der Waals surface area contributed by atoms with Crippen LogP contribution in [0, 0.1) is 11.8 Å². The van der Waals surface area contributed by atoms with Gasteiger partial charge in [0.05, 0.1) is 6.04 Å². The lowest BCUT2D eigenvalue weighted by atomic mass is 10.0. The van der Waals surface area contributed by atoms with Crippen LogP contribution in [0.25, 0.3) is 0 Å². The highest BCUT2D eigenvalue weighted by atomic mass is 16.5. The average molecular weight is 320 g/mol. The van der Waals surface area contributed by atoms with E-state index in [-0.39, 0.29) is 18.4 Å². The Kier molecular flexibility index (Phi) is 7.75. The van der Waals surface area contributed by atoms with Crippen molar-refractivity contribution in [1.29, 1.82) is 0 Å². The number of carbonyl (C=O) groups excluding carboxylic acids is 2. The normalized spacial score (nSPS) is 13.7. The first kappa shape index (κ1) is 19.2. The highest BCUT2D eigenvalue weighted by Gasteiger charge is 2.27. The van der Waals surface area contributed by atoms with Crippen LogP contribution >= 0.6 is 0 Å². The summed E-state index contributed by atoms with van der Waals surface area (Å²) in [5.74, 6) is -0.505. The molecule has 0 saturated heterocycles. The molecule has 0 radical (unpaired) electrons. The molecule has 5 heteroatoms. The van der Waals surface area contributed by atoms with E-state index in [4.69, 9.17) is 10.5 Å². The molecule has 0 fully saturated rings. The molecule has 0 unspecified atom stereocenters. The van der Waals surface area contributed by atoms with Gasteiger partial charge in [0.15, 0.2) is 0 Å². The van der Waals surface area contributed by atoms with E-state index in [0.29, 0.717) is 12.3 Å². The molecule has 0 aliphatic heterocycles. The van der Waals surface area contributed by atoms with Crippen LogP contribution in [0.3, 0.4) is 0 Å². The van der Waals surface area contributed by atoms with E-state index in [1.54, 1.807) is 0 Å². The maximum atomic E-state index is 12.3. The van der Waals surface area contributed by atoms with Gasteiger partial charge in [-0.2, -0.15) is 0 Å². The van der Waals surface area contributed by atoms with Gasteiger partial charge in [-0.05, 0) is 23.8 Å². The van der Waals surface area contributed by atoms with Crippen LogP contribution in [-0.4, -0.2) is 24.0 Å². The molecule has 1 rings (SSSR count). The third-order valence-corrected chi connectivity index (χ3v) is 3.50. The SMILES string of the molecule is CC(C)C[C@@H](N)C(=O)N[C@@H](C(=O)OCc1ccccc1)C(C)C. The first-order valence-electron chi connectivity index (χ1n) is 8.07. The van der Waals surface area contributed by atoms with Gasteiger partial charge in [-0.25, -0.2) is 4.79 Å². The van der Waals surface area contributed by atoms with Gasteiger partial charge < -0.3 is 15.8 Å². The van der Waals surface area contributed by atoms with Crippen molar-refractivity contribution in [2.45, 2.75) is 52.8 Å². The van der Waals surface area contributed by atoms with Crippen LogP contribution in [-0.2, 0) is 20.9 Å². The van der Waals surface area contributed by atoms with E-state index in [1.807, 2.05) is 58.0 Å². The Hall–Kier alpha value is -1.88. The summed E-state index contributed by atoms with van der Waals surface area (Å²) in [6, 6.07) is 8.14. The molecule has 0 saturated carbocycles. The molecule has 0 aromatic heterocycles. The zero-order valence-corrected chi connectivity index (χ0v) is 14.4. The van der Waals surface area contributed by atoms with E-state index in [1.165, 1.54) is 0 Å². The van der Waals surface area contributed by atoms with E-state index in [0.717, 1.165) is 5.56 Å². The monoisotopic (exact) mass is 320 g/mol. The summed E-state index contributed by atoms with van der Waals surface area (Å²) in [5.41, 5.74) is 6.78. The van der Waals surface area contributed by atoms with Crippen molar-refractivity contribution in [2.75, 3.05) is 0 Å². The summed E-state index contributed by atoms with van der Waals surface area (Å²) in [5, 5.41) is 2.72. The number of amides is 1. The number of esters is 1. The molecular formula is C18H28N2O3. The highest BCUT2D eigenvalue weighted by Crippen LogP contribution is 2.09. The Balaban J connectivity index is 2.59. The van der Waals surface area contributed by atoms with E-state index >= 15 is 0 Å². The molecule has 1 amide bonds. The molecule has 0 heterocycles. The van der Waals surface area contributed by atoms with Crippen molar-refractivity contribution >= 4 is 11.9 Å². The smallest absolute Gasteiger partial charge is 0.329 e. The average Bonchev–Trinajstić information content (AvgIpc) is 2.50. The van der Waals surface area contributed by atoms with Crippen LogP contribution in [0.15, 0.2) is 30.3 Å². The topological polar surface area (TPSA) is 81.4 Å². The van der Waals surface area contributed by atoms with Crippen LogP contribution < -0.4 is 11.1 Å². The van der Waals surface area contributed by atoms with Gasteiger partial charge in [0.25, 0.3) is 0 Å². The molecule has 0 spiro atoms. The number of hydrogen-bond acceptors (Lipinski definition) is 4. The largest absolute Gasteiger partial charge is 0.459 e. The fraction of sp³-hybridized carbons (Fsp3) is 0.556. The van der Waals surface area contributed by atoms with Crippen LogP contribution in [0.4, 0.5) is 0 Å². The fourth-order valence-corrected chi connectivity index (χ4v) is 2.19. The number of rotatable bonds is 8. The van der Waals surface area contributed by atoms with Crippen molar-refractivity contribution in [3.8, 4) is 0 Å². The predicted molar refractivity (Wildman–Crippen MR) is 90.4 cm³/mol. The van der Waals surface area contributed by atoms with Gasteiger partial charge in [0.2, 0.25) is 5.91 Å². The number of carbonyl (C=O) groups is 2. The van der Waals surface area contributed by atoms with Gasteiger partial charge in [0.1, 0.15) is 12.6 Å². The highest BCUT2D eigenvalue weighted by molar-refractivity contribution is 5.87. The number of hydrogen-bond donors (Lipinski definition) is 2. The predicted octanol–water partition coefficient (Wildman–Crippen LogP) is 2.24. The van der Waals surface area contributed by atoms with Crippen molar-refractivity contribution in [3.63, 3.8) is 0 Å². The lowest BCUT2D eigenvalue weighted by molar-refractivity contribution is -0.150. The second-order valence-electron chi connectivity index (χ2n) is 6.56. The minimum absolute atomic E-state index is 0.0755.